The minimum absolute atomic E-state index is 0.685. The van der Waals surface area contributed by atoms with Crippen molar-refractivity contribution in [1.29, 1.82) is 5.26 Å². The summed E-state index contributed by atoms with van der Waals surface area (Å²) < 4.78 is 0. The van der Waals surface area contributed by atoms with Crippen LogP contribution in [-0.4, -0.2) is 4.98 Å². The molecule has 0 fully saturated rings. The van der Waals surface area contributed by atoms with E-state index in [9.17, 15) is 5.26 Å². The first kappa shape index (κ1) is 11.2. The zero-order valence-corrected chi connectivity index (χ0v) is 9.99. The van der Waals surface area contributed by atoms with E-state index in [-0.39, 0.29) is 0 Å². The van der Waals surface area contributed by atoms with Crippen molar-refractivity contribution in [3.63, 3.8) is 0 Å². The number of hydrogen-bond acceptors (Lipinski definition) is 1. The van der Waals surface area contributed by atoms with Crippen molar-refractivity contribution in [2.75, 3.05) is 0 Å². The summed E-state index contributed by atoms with van der Waals surface area (Å²) in [6, 6.07) is 12.2. The number of nitriles is 1. The molecule has 0 radical (unpaired) electrons. The maximum Gasteiger partial charge on any atom is 0.0998 e. The quantitative estimate of drug-likeness (QED) is 0.773. The molecule has 0 saturated carbocycles. The lowest BCUT2D eigenvalue weighted by Gasteiger charge is -2.05. The van der Waals surface area contributed by atoms with Crippen molar-refractivity contribution in [2.45, 2.75) is 13.8 Å². The largest absolute Gasteiger partial charge is 0.362 e. The fourth-order valence-electron chi connectivity index (χ4n) is 1.88. The Hall–Kier alpha value is -2.27. The standard InChI is InChI=1S/C15H14N2/c1-11-5-6-15(12(2)8-11)13(10-16)9-14-4-3-7-17-14/h3-9,17H,1-2H3/b13-9+. The number of allylic oxidation sites excluding steroid dienone is 1. The molecule has 0 aliphatic carbocycles. The van der Waals surface area contributed by atoms with Crippen molar-refractivity contribution < 1.29 is 0 Å². The molecule has 1 N–H and O–H groups in total. The summed E-state index contributed by atoms with van der Waals surface area (Å²) >= 11 is 0. The van der Waals surface area contributed by atoms with Gasteiger partial charge in [-0.15, -0.1) is 0 Å². The van der Waals surface area contributed by atoms with Crippen LogP contribution in [0.2, 0.25) is 0 Å². The highest BCUT2D eigenvalue weighted by Gasteiger charge is 2.04. The van der Waals surface area contributed by atoms with Crippen molar-refractivity contribution in [3.05, 3.63) is 58.9 Å². The van der Waals surface area contributed by atoms with Gasteiger partial charge >= 0.3 is 0 Å². The van der Waals surface area contributed by atoms with Crippen LogP contribution in [0, 0.1) is 25.2 Å². The van der Waals surface area contributed by atoms with Gasteiger partial charge < -0.3 is 4.98 Å². The normalized spacial score (nSPS) is 11.2. The van der Waals surface area contributed by atoms with E-state index in [1.54, 1.807) is 0 Å². The van der Waals surface area contributed by atoms with Crippen molar-refractivity contribution in [2.24, 2.45) is 0 Å². The van der Waals surface area contributed by atoms with Gasteiger partial charge in [0.05, 0.1) is 11.6 Å². The van der Waals surface area contributed by atoms with Gasteiger partial charge in [0, 0.05) is 11.9 Å². The highest BCUT2D eigenvalue weighted by atomic mass is 14.7. The summed E-state index contributed by atoms with van der Waals surface area (Å²) in [4.78, 5) is 3.08. The number of rotatable bonds is 2. The van der Waals surface area contributed by atoms with E-state index >= 15 is 0 Å². The average Bonchev–Trinajstić information content (AvgIpc) is 2.79. The van der Waals surface area contributed by atoms with Crippen LogP contribution in [0.3, 0.4) is 0 Å². The zero-order chi connectivity index (χ0) is 12.3. The molecular weight excluding hydrogens is 208 g/mol. The zero-order valence-electron chi connectivity index (χ0n) is 9.99. The summed E-state index contributed by atoms with van der Waals surface area (Å²) in [5.41, 5.74) is 4.96. The molecule has 2 rings (SSSR count). The summed E-state index contributed by atoms with van der Waals surface area (Å²) in [6.45, 7) is 4.08. The number of aromatic nitrogens is 1. The molecule has 0 bridgehead atoms. The van der Waals surface area contributed by atoms with E-state index in [0.717, 1.165) is 16.8 Å². The van der Waals surface area contributed by atoms with Gasteiger partial charge in [-0.1, -0.05) is 23.8 Å². The molecular formula is C15H14N2. The summed E-state index contributed by atoms with van der Waals surface area (Å²) in [6.07, 6.45) is 3.72. The monoisotopic (exact) mass is 222 g/mol. The van der Waals surface area contributed by atoms with Gasteiger partial charge in [0.25, 0.3) is 0 Å². The Morgan fingerprint density at radius 1 is 1.29 bits per heavy atom. The second-order valence-electron chi connectivity index (χ2n) is 4.11. The van der Waals surface area contributed by atoms with Crippen LogP contribution < -0.4 is 0 Å². The summed E-state index contributed by atoms with van der Waals surface area (Å²) in [5.74, 6) is 0. The average molecular weight is 222 g/mol. The molecule has 0 saturated heterocycles. The molecule has 2 aromatic rings. The predicted octanol–water partition coefficient (Wildman–Crippen LogP) is 3.70. The number of aryl methyl sites for hydroxylation is 2. The Bertz CT molecular complexity index is 584. The van der Waals surface area contributed by atoms with Crippen LogP contribution in [0.4, 0.5) is 0 Å². The molecule has 0 aliphatic heterocycles. The van der Waals surface area contributed by atoms with Crippen molar-refractivity contribution in [1.82, 2.24) is 4.98 Å². The predicted molar refractivity (Wildman–Crippen MR) is 70.2 cm³/mol. The van der Waals surface area contributed by atoms with Crippen LogP contribution in [0.1, 0.15) is 22.4 Å². The second kappa shape index (κ2) is 4.71. The van der Waals surface area contributed by atoms with Gasteiger partial charge in [0.2, 0.25) is 0 Å². The fourth-order valence-corrected chi connectivity index (χ4v) is 1.88. The highest BCUT2D eigenvalue weighted by Crippen LogP contribution is 2.21. The molecule has 17 heavy (non-hydrogen) atoms. The summed E-state index contributed by atoms with van der Waals surface area (Å²) in [7, 11) is 0. The molecule has 1 aromatic heterocycles. The molecule has 2 heteroatoms. The molecule has 0 atom stereocenters. The van der Waals surface area contributed by atoms with E-state index < -0.39 is 0 Å². The van der Waals surface area contributed by atoms with Gasteiger partial charge in [0.1, 0.15) is 0 Å². The number of nitrogens with zero attached hydrogens (tertiary/aromatic N) is 1. The van der Waals surface area contributed by atoms with Gasteiger partial charge in [-0.25, -0.2) is 0 Å². The number of H-pyrrole nitrogens is 1. The Kier molecular flexibility index (Phi) is 3.11. The molecule has 0 aliphatic rings. The maximum absolute atomic E-state index is 9.24. The number of hydrogen-bond donors (Lipinski definition) is 1. The van der Waals surface area contributed by atoms with E-state index in [1.165, 1.54) is 5.56 Å². The van der Waals surface area contributed by atoms with E-state index in [1.807, 2.05) is 43.5 Å². The fraction of sp³-hybridized carbons (Fsp3) is 0.133. The van der Waals surface area contributed by atoms with Crippen LogP contribution in [0.25, 0.3) is 11.6 Å². The van der Waals surface area contributed by atoms with E-state index in [4.69, 9.17) is 0 Å². The van der Waals surface area contributed by atoms with Gasteiger partial charge in [-0.2, -0.15) is 5.26 Å². The van der Waals surface area contributed by atoms with E-state index in [0.29, 0.717) is 5.57 Å². The number of nitrogens with one attached hydrogen (secondary N) is 1. The lowest BCUT2D eigenvalue weighted by molar-refractivity contribution is 1.35. The number of aromatic amines is 1. The molecule has 0 unspecified atom stereocenters. The molecule has 0 amide bonds. The van der Waals surface area contributed by atoms with Crippen LogP contribution in [0.5, 0.6) is 0 Å². The molecule has 2 nitrogen and oxygen atoms in total. The smallest absolute Gasteiger partial charge is 0.0998 e. The van der Waals surface area contributed by atoms with Gasteiger partial charge in [-0.05, 0) is 43.2 Å². The van der Waals surface area contributed by atoms with E-state index in [2.05, 4.69) is 24.0 Å². The lowest BCUT2D eigenvalue weighted by Crippen LogP contribution is -1.88. The first-order chi connectivity index (χ1) is 8.20. The summed E-state index contributed by atoms with van der Waals surface area (Å²) in [5, 5.41) is 9.24. The third kappa shape index (κ3) is 2.46. The Morgan fingerprint density at radius 3 is 2.71 bits per heavy atom. The minimum atomic E-state index is 0.685. The number of benzene rings is 1. The molecule has 84 valence electrons. The Morgan fingerprint density at radius 2 is 2.12 bits per heavy atom. The second-order valence-corrected chi connectivity index (χ2v) is 4.11. The third-order valence-electron chi connectivity index (χ3n) is 2.71. The Balaban J connectivity index is 2.47. The van der Waals surface area contributed by atoms with Crippen LogP contribution >= 0.6 is 0 Å². The van der Waals surface area contributed by atoms with Crippen LogP contribution in [-0.2, 0) is 0 Å². The van der Waals surface area contributed by atoms with Gasteiger partial charge in [0.15, 0.2) is 0 Å². The lowest BCUT2D eigenvalue weighted by atomic mass is 9.99. The molecule has 1 heterocycles. The van der Waals surface area contributed by atoms with Gasteiger partial charge in [-0.3, -0.25) is 0 Å². The van der Waals surface area contributed by atoms with Crippen molar-refractivity contribution in [3.8, 4) is 6.07 Å². The molecule has 1 aromatic carbocycles. The molecule has 0 spiro atoms. The maximum atomic E-state index is 9.24. The highest BCUT2D eigenvalue weighted by molar-refractivity contribution is 5.90. The third-order valence-corrected chi connectivity index (χ3v) is 2.71. The first-order valence-electron chi connectivity index (χ1n) is 5.53. The topological polar surface area (TPSA) is 39.6 Å². The first-order valence-corrected chi connectivity index (χ1v) is 5.53. The van der Waals surface area contributed by atoms with Crippen molar-refractivity contribution >= 4 is 11.6 Å². The minimum Gasteiger partial charge on any atom is -0.362 e. The SMILES string of the molecule is Cc1ccc(/C(C#N)=C/c2ccc[nH]2)c(C)c1. The Labute approximate surface area is 101 Å². The van der Waals surface area contributed by atoms with Crippen LogP contribution in [0.15, 0.2) is 36.5 Å².